The molecule has 1 fully saturated rings. The maximum absolute atomic E-state index is 11.9. The van der Waals surface area contributed by atoms with Gasteiger partial charge in [0.25, 0.3) is 11.8 Å². The molecule has 1 saturated heterocycles. The third-order valence-electron chi connectivity index (χ3n) is 3.52. The first-order valence-corrected chi connectivity index (χ1v) is 7.22. The lowest BCUT2D eigenvalue weighted by Gasteiger charge is -2.24. The summed E-state index contributed by atoms with van der Waals surface area (Å²) in [6.07, 6.45) is 3.46. The third kappa shape index (κ3) is 2.03. The Balaban J connectivity index is 2.12. The van der Waals surface area contributed by atoms with E-state index < -0.39 is 17.8 Å². The molecule has 3 rings (SSSR count). The minimum absolute atomic E-state index is 0.119. The lowest BCUT2D eigenvalue weighted by Crippen LogP contribution is -2.46. The SMILES string of the molecule is O=C(O)c1c(N2C(=O)COCC2=O)sc2c1CCCC2. The zero-order valence-corrected chi connectivity index (χ0v) is 11.5. The van der Waals surface area contributed by atoms with Crippen LogP contribution in [0.15, 0.2) is 0 Å². The second kappa shape index (κ2) is 4.99. The molecule has 0 aromatic carbocycles. The van der Waals surface area contributed by atoms with E-state index in [0.29, 0.717) is 6.42 Å². The summed E-state index contributed by atoms with van der Waals surface area (Å²) in [5.74, 6) is -2.07. The summed E-state index contributed by atoms with van der Waals surface area (Å²) in [5.41, 5.74) is 0.907. The number of carbonyl (C=O) groups excluding carboxylic acids is 2. The molecule has 1 aromatic rings. The van der Waals surface area contributed by atoms with Crippen molar-refractivity contribution in [2.45, 2.75) is 25.7 Å². The number of carbonyl (C=O) groups is 3. The molecule has 1 aliphatic carbocycles. The highest BCUT2D eigenvalue weighted by molar-refractivity contribution is 7.17. The Bertz CT molecular complexity index is 590. The van der Waals surface area contributed by atoms with Crippen molar-refractivity contribution < 1.29 is 24.2 Å². The molecule has 0 spiro atoms. The minimum Gasteiger partial charge on any atom is -0.478 e. The highest BCUT2D eigenvalue weighted by Crippen LogP contribution is 2.40. The topological polar surface area (TPSA) is 83.9 Å². The van der Waals surface area contributed by atoms with Gasteiger partial charge in [0.1, 0.15) is 18.2 Å². The van der Waals surface area contributed by atoms with Crippen LogP contribution in [0.4, 0.5) is 5.00 Å². The summed E-state index contributed by atoms with van der Waals surface area (Å²) in [5, 5.41) is 9.69. The van der Waals surface area contributed by atoms with E-state index in [1.54, 1.807) is 0 Å². The number of ether oxygens (including phenoxy) is 1. The molecule has 106 valence electrons. The molecule has 2 amide bonds. The van der Waals surface area contributed by atoms with Crippen LogP contribution in [-0.2, 0) is 27.2 Å². The van der Waals surface area contributed by atoms with E-state index in [9.17, 15) is 19.5 Å². The molecule has 0 unspecified atom stereocenters. The van der Waals surface area contributed by atoms with Crippen molar-refractivity contribution >= 4 is 34.1 Å². The first kappa shape index (κ1) is 13.3. The first-order chi connectivity index (χ1) is 9.59. The van der Waals surface area contributed by atoms with Crippen LogP contribution in [0.2, 0.25) is 0 Å². The normalized spacial score (nSPS) is 19.1. The Hall–Kier alpha value is -1.73. The van der Waals surface area contributed by atoms with Crippen LogP contribution in [0.3, 0.4) is 0 Å². The van der Waals surface area contributed by atoms with Crippen LogP contribution < -0.4 is 4.90 Å². The number of rotatable bonds is 2. The molecule has 1 aliphatic heterocycles. The number of morpholine rings is 1. The molecule has 0 atom stereocenters. The molecule has 1 aromatic heterocycles. The fourth-order valence-electron chi connectivity index (χ4n) is 2.65. The molecule has 0 saturated carbocycles. The van der Waals surface area contributed by atoms with Crippen LogP contribution in [0.1, 0.15) is 33.6 Å². The zero-order chi connectivity index (χ0) is 14.3. The van der Waals surface area contributed by atoms with Crippen molar-refractivity contribution in [3.8, 4) is 0 Å². The van der Waals surface area contributed by atoms with Gasteiger partial charge < -0.3 is 9.84 Å². The number of carboxylic acid groups (broad SMARTS) is 1. The molecule has 20 heavy (non-hydrogen) atoms. The summed E-state index contributed by atoms with van der Waals surface area (Å²) >= 11 is 1.25. The number of fused-ring (bicyclic) bond motifs is 1. The quantitative estimate of drug-likeness (QED) is 0.829. The van der Waals surface area contributed by atoms with Gasteiger partial charge in [-0.25, -0.2) is 9.69 Å². The van der Waals surface area contributed by atoms with Crippen molar-refractivity contribution in [1.29, 1.82) is 0 Å². The molecule has 0 radical (unpaired) electrons. The highest BCUT2D eigenvalue weighted by Gasteiger charge is 2.35. The van der Waals surface area contributed by atoms with Gasteiger partial charge in [0.05, 0.1) is 5.56 Å². The molecule has 7 heteroatoms. The molecule has 2 aliphatic rings. The lowest BCUT2D eigenvalue weighted by molar-refractivity contribution is -0.138. The van der Waals surface area contributed by atoms with Crippen LogP contribution >= 0.6 is 11.3 Å². The summed E-state index contributed by atoms with van der Waals surface area (Å²) in [7, 11) is 0. The van der Waals surface area contributed by atoms with Crippen molar-refractivity contribution in [3.05, 3.63) is 16.0 Å². The number of aromatic carboxylic acids is 1. The number of hydrogen-bond donors (Lipinski definition) is 1. The van der Waals surface area contributed by atoms with E-state index >= 15 is 0 Å². The molecule has 0 bridgehead atoms. The number of anilines is 1. The number of aryl methyl sites for hydroxylation is 1. The van der Waals surface area contributed by atoms with E-state index in [2.05, 4.69) is 0 Å². The van der Waals surface area contributed by atoms with E-state index in [-0.39, 0.29) is 23.8 Å². The number of amides is 2. The van der Waals surface area contributed by atoms with E-state index in [0.717, 1.165) is 34.6 Å². The second-order valence-corrected chi connectivity index (χ2v) is 5.90. The van der Waals surface area contributed by atoms with Gasteiger partial charge in [-0.2, -0.15) is 0 Å². The minimum atomic E-state index is -1.08. The van der Waals surface area contributed by atoms with Gasteiger partial charge in [-0.15, -0.1) is 11.3 Å². The Kier molecular flexibility index (Phi) is 3.31. The Morgan fingerprint density at radius 1 is 1.15 bits per heavy atom. The van der Waals surface area contributed by atoms with Crippen molar-refractivity contribution in [2.24, 2.45) is 0 Å². The van der Waals surface area contributed by atoms with Gasteiger partial charge in [0, 0.05) is 4.88 Å². The fourth-order valence-corrected chi connectivity index (χ4v) is 4.06. The average Bonchev–Trinajstić information content (AvgIpc) is 2.77. The van der Waals surface area contributed by atoms with Crippen molar-refractivity contribution in [3.63, 3.8) is 0 Å². The standard InChI is InChI=1S/C13H13NO5S/c15-9-5-19-6-10(16)14(9)12-11(13(17)18)7-3-1-2-4-8(7)20-12/h1-6H2,(H,17,18). The van der Waals surface area contributed by atoms with Gasteiger partial charge in [-0.05, 0) is 31.2 Å². The zero-order valence-electron chi connectivity index (χ0n) is 10.7. The van der Waals surface area contributed by atoms with Crippen molar-refractivity contribution in [1.82, 2.24) is 0 Å². The molecule has 1 N–H and O–H groups in total. The predicted molar refractivity (Wildman–Crippen MR) is 71.2 cm³/mol. The van der Waals surface area contributed by atoms with Crippen LogP contribution in [0.25, 0.3) is 0 Å². The largest absolute Gasteiger partial charge is 0.478 e. The molecule has 6 nitrogen and oxygen atoms in total. The Labute approximate surface area is 118 Å². The number of hydrogen-bond acceptors (Lipinski definition) is 5. The summed E-state index contributed by atoms with van der Waals surface area (Å²) in [6.45, 7) is -0.374. The van der Waals surface area contributed by atoms with Gasteiger partial charge >= 0.3 is 5.97 Å². The monoisotopic (exact) mass is 295 g/mol. The summed E-state index contributed by atoms with van der Waals surface area (Å²) < 4.78 is 4.86. The molecular weight excluding hydrogens is 282 g/mol. The summed E-state index contributed by atoms with van der Waals surface area (Å²) in [4.78, 5) is 37.3. The molecule has 2 heterocycles. The summed E-state index contributed by atoms with van der Waals surface area (Å²) in [6, 6.07) is 0. The van der Waals surface area contributed by atoms with Gasteiger partial charge in [-0.3, -0.25) is 9.59 Å². The smallest absolute Gasteiger partial charge is 0.339 e. The maximum Gasteiger partial charge on any atom is 0.339 e. The van der Waals surface area contributed by atoms with Gasteiger partial charge in [0.2, 0.25) is 0 Å². The average molecular weight is 295 g/mol. The Morgan fingerprint density at radius 3 is 2.45 bits per heavy atom. The number of imide groups is 1. The van der Waals surface area contributed by atoms with Gasteiger partial charge in [0.15, 0.2) is 0 Å². The van der Waals surface area contributed by atoms with Crippen LogP contribution in [0, 0.1) is 0 Å². The van der Waals surface area contributed by atoms with Gasteiger partial charge in [-0.1, -0.05) is 0 Å². The van der Waals surface area contributed by atoms with Crippen molar-refractivity contribution in [2.75, 3.05) is 18.1 Å². The lowest BCUT2D eigenvalue weighted by atomic mass is 9.95. The van der Waals surface area contributed by atoms with E-state index in [1.165, 1.54) is 11.3 Å². The fraction of sp³-hybridized carbons (Fsp3) is 0.462. The third-order valence-corrected chi connectivity index (χ3v) is 4.80. The predicted octanol–water partition coefficient (Wildman–Crippen LogP) is 1.21. The maximum atomic E-state index is 11.9. The Morgan fingerprint density at radius 2 is 1.80 bits per heavy atom. The second-order valence-electron chi connectivity index (χ2n) is 4.81. The number of thiophene rings is 1. The number of carboxylic acids is 1. The van der Waals surface area contributed by atoms with E-state index in [4.69, 9.17) is 4.74 Å². The van der Waals surface area contributed by atoms with Crippen LogP contribution in [0.5, 0.6) is 0 Å². The number of nitrogens with zero attached hydrogens (tertiary/aromatic N) is 1. The highest BCUT2D eigenvalue weighted by atomic mass is 32.1. The van der Waals surface area contributed by atoms with Crippen LogP contribution in [-0.4, -0.2) is 36.1 Å². The van der Waals surface area contributed by atoms with E-state index in [1.807, 2.05) is 0 Å². The molecular formula is C13H13NO5S. The first-order valence-electron chi connectivity index (χ1n) is 6.41.